The van der Waals surface area contributed by atoms with Crippen LogP contribution in [0.1, 0.15) is 33.6 Å². The highest BCUT2D eigenvalue weighted by atomic mass is 16.5. The predicted molar refractivity (Wildman–Crippen MR) is 59.5 cm³/mol. The normalized spacial score (nSPS) is 23.9. The third kappa shape index (κ3) is 2.92. The van der Waals surface area contributed by atoms with Crippen LogP contribution in [0.25, 0.3) is 0 Å². The minimum absolute atomic E-state index is 0.154. The topological polar surface area (TPSA) is 55.6 Å². The molecule has 1 atom stereocenters. The number of hydrogen-bond acceptors (Lipinski definition) is 4. The van der Waals surface area contributed by atoms with Crippen molar-refractivity contribution in [1.29, 1.82) is 0 Å². The molecular weight excluding hydrogens is 192 g/mol. The molecule has 0 aromatic carbocycles. The van der Waals surface area contributed by atoms with Gasteiger partial charge in [-0.3, -0.25) is 9.69 Å². The van der Waals surface area contributed by atoms with Crippen LogP contribution in [0, 0.1) is 0 Å². The lowest BCUT2D eigenvalue weighted by Crippen LogP contribution is -2.57. The zero-order chi connectivity index (χ0) is 11.5. The number of rotatable bonds is 3. The van der Waals surface area contributed by atoms with Gasteiger partial charge in [-0.15, -0.1) is 0 Å². The number of nitrogens with two attached hydrogens (primary N) is 1. The molecule has 0 bridgehead atoms. The minimum Gasteiger partial charge on any atom is -0.465 e. The van der Waals surface area contributed by atoms with Crippen LogP contribution in [0.2, 0.25) is 0 Å². The van der Waals surface area contributed by atoms with Crippen molar-refractivity contribution >= 4 is 5.97 Å². The van der Waals surface area contributed by atoms with Crippen molar-refractivity contribution in [3.63, 3.8) is 0 Å². The summed E-state index contributed by atoms with van der Waals surface area (Å²) in [5.74, 6) is -0.154. The van der Waals surface area contributed by atoms with E-state index in [1.807, 2.05) is 20.8 Å². The first-order chi connectivity index (χ1) is 6.98. The third-order valence-electron chi connectivity index (χ3n) is 3.02. The van der Waals surface area contributed by atoms with E-state index in [1.54, 1.807) is 0 Å². The molecule has 0 aliphatic carbocycles. The molecule has 1 rings (SSSR count). The highest BCUT2D eigenvalue weighted by molar-refractivity contribution is 5.79. The number of carbonyl (C=O) groups is 1. The lowest BCUT2D eigenvalue weighted by molar-refractivity contribution is -0.156. The predicted octanol–water partition coefficient (Wildman–Crippen LogP) is 0.751. The zero-order valence-electron chi connectivity index (χ0n) is 9.95. The van der Waals surface area contributed by atoms with Gasteiger partial charge in [0.2, 0.25) is 0 Å². The summed E-state index contributed by atoms with van der Waals surface area (Å²) >= 11 is 0. The van der Waals surface area contributed by atoms with Gasteiger partial charge in [-0.05, 0) is 40.2 Å². The monoisotopic (exact) mass is 214 g/mol. The van der Waals surface area contributed by atoms with E-state index in [0.717, 1.165) is 25.9 Å². The van der Waals surface area contributed by atoms with Crippen LogP contribution >= 0.6 is 0 Å². The summed E-state index contributed by atoms with van der Waals surface area (Å²) in [5.41, 5.74) is 5.35. The quantitative estimate of drug-likeness (QED) is 0.704. The Labute approximate surface area is 91.8 Å². The van der Waals surface area contributed by atoms with Gasteiger partial charge < -0.3 is 10.5 Å². The van der Waals surface area contributed by atoms with E-state index >= 15 is 0 Å². The second kappa shape index (κ2) is 4.94. The van der Waals surface area contributed by atoms with Crippen molar-refractivity contribution in [1.82, 2.24) is 4.90 Å². The van der Waals surface area contributed by atoms with E-state index in [9.17, 15) is 4.79 Å². The van der Waals surface area contributed by atoms with Crippen LogP contribution in [-0.2, 0) is 9.53 Å². The molecule has 4 nitrogen and oxygen atoms in total. The van der Waals surface area contributed by atoms with E-state index in [0.29, 0.717) is 6.61 Å². The highest BCUT2D eigenvalue weighted by Crippen LogP contribution is 2.21. The number of esters is 1. The molecule has 1 heterocycles. The van der Waals surface area contributed by atoms with Gasteiger partial charge in [0.1, 0.15) is 5.54 Å². The second-order valence-corrected chi connectivity index (χ2v) is 4.63. The van der Waals surface area contributed by atoms with Crippen molar-refractivity contribution in [3.8, 4) is 0 Å². The van der Waals surface area contributed by atoms with Crippen molar-refractivity contribution in [2.24, 2.45) is 5.73 Å². The molecule has 1 saturated heterocycles. The molecular formula is C11H22N2O2. The fourth-order valence-electron chi connectivity index (χ4n) is 1.95. The van der Waals surface area contributed by atoms with Gasteiger partial charge in [0, 0.05) is 12.6 Å². The van der Waals surface area contributed by atoms with Crippen LogP contribution in [-0.4, -0.2) is 42.1 Å². The van der Waals surface area contributed by atoms with Gasteiger partial charge in [-0.25, -0.2) is 0 Å². The largest absolute Gasteiger partial charge is 0.465 e. The van der Waals surface area contributed by atoms with Crippen molar-refractivity contribution in [2.75, 3.05) is 19.7 Å². The van der Waals surface area contributed by atoms with Gasteiger partial charge in [0.15, 0.2) is 0 Å². The smallest absolute Gasteiger partial charge is 0.325 e. The van der Waals surface area contributed by atoms with Crippen LogP contribution < -0.4 is 5.73 Å². The average Bonchev–Trinajstić information content (AvgIpc) is 2.18. The molecule has 88 valence electrons. The Morgan fingerprint density at radius 2 is 2.27 bits per heavy atom. The van der Waals surface area contributed by atoms with Gasteiger partial charge in [-0.1, -0.05) is 0 Å². The fourth-order valence-corrected chi connectivity index (χ4v) is 1.95. The Kier molecular flexibility index (Phi) is 4.11. The third-order valence-corrected chi connectivity index (χ3v) is 3.02. The van der Waals surface area contributed by atoms with Crippen molar-refractivity contribution < 1.29 is 9.53 Å². The lowest BCUT2D eigenvalue weighted by Gasteiger charge is -2.40. The molecule has 0 unspecified atom stereocenters. The summed E-state index contributed by atoms with van der Waals surface area (Å²) in [4.78, 5) is 13.9. The molecule has 0 aromatic rings. The van der Waals surface area contributed by atoms with E-state index in [2.05, 4.69) is 4.90 Å². The highest BCUT2D eigenvalue weighted by Gasteiger charge is 2.37. The van der Waals surface area contributed by atoms with E-state index in [4.69, 9.17) is 10.5 Å². The molecule has 1 aliphatic heterocycles. The Hall–Kier alpha value is -0.610. The molecule has 0 aromatic heterocycles. The molecule has 0 radical (unpaired) electrons. The summed E-state index contributed by atoms with van der Waals surface area (Å²) in [6, 6.07) is 0.187. The van der Waals surface area contributed by atoms with Crippen LogP contribution in [0.15, 0.2) is 0 Å². The molecule has 2 N–H and O–H groups in total. The number of hydrogen-bond donors (Lipinski definition) is 1. The van der Waals surface area contributed by atoms with E-state index in [1.165, 1.54) is 0 Å². The summed E-state index contributed by atoms with van der Waals surface area (Å²) < 4.78 is 5.07. The lowest BCUT2D eigenvalue weighted by atomic mass is 9.97. The number of likely N-dealkylation sites (tertiary alicyclic amines) is 1. The van der Waals surface area contributed by atoms with Crippen LogP contribution in [0.5, 0.6) is 0 Å². The van der Waals surface area contributed by atoms with E-state index < -0.39 is 5.54 Å². The van der Waals surface area contributed by atoms with Crippen LogP contribution in [0.3, 0.4) is 0 Å². The molecule has 1 aliphatic rings. The Balaban J connectivity index is 2.62. The van der Waals surface area contributed by atoms with Gasteiger partial charge >= 0.3 is 5.97 Å². The summed E-state index contributed by atoms with van der Waals surface area (Å²) in [5, 5.41) is 0. The number of carbonyl (C=O) groups excluding carboxylic acids is 1. The Bertz CT molecular complexity index is 229. The first-order valence-electron chi connectivity index (χ1n) is 5.66. The summed E-state index contributed by atoms with van der Waals surface area (Å²) in [6.45, 7) is 7.79. The second-order valence-electron chi connectivity index (χ2n) is 4.63. The molecule has 1 fully saturated rings. The molecule has 0 spiro atoms. The van der Waals surface area contributed by atoms with Gasteiger partial charge in [0.05, 0.1) is 6.61 Å². The first kappa shape index (κ1) is 12.5. The minimum atomic E-state index is -0.548. The van der Waals surface area contributed by atoms with Crippen molar-refractivity contribution in [2.45, 2.75) is 45.2 Å². The molecule has 15 heavy (non-hydrogen) atoms. The number of ether oxygens (including phenoxy) is 1. The molecule has 0 amide bonds. The summed E-state index contributed by atoms with van der Waals surface area (Å²) in [7, 11) is 0. The fraction of sp³-hybridized carbons (Fsp3) is 0.909. The Morgan fingerprint density at radius 1 is 1.60 bits per heavy atom. The number of piperidine rings is 1. The maximum absolute atomic E-state index is 11.8. The molecule has 4 heteroatoms. The molecule has 0 saturated carbocycles. The SMILES string of the molecule is CCOC(=O)C(C)(C)N1CCC[C@@H](N)C1. The summed E-state index contributed by atoms with van der Waals surface area (Å²) in [6.07, 6.45) is 2.11. The first-order valence-corrected chi connectivity index (χ1v) is 5.66. The number of nitrogens with zero attached hydrogens (tertiary/aromatic N) is 1. The van der Waals surface area contributed by atoms with Crippen molar-refractivity contribution in [3.05, 3.63) is 0 Å². The van der Waals surface area contributed by atoms with Gasteiger partial charge in [0.25, 0.3) is 0 Å². The average molecular weight is 214 g/mol. The standard InChI is InChI=1S/C11H22N2O2/c1-4-15-10(14)11(2,3)13-7-5-6-9(12)8-13/h9H,4-8,12H2,1-3H3/t9-/m1/s1. The van der Waals surface area contributed by atoms with Crippen LogP contribution in [0.4, 0.5) is 0 Å². The van der Waals surface area contributed by atoms with Gasteiger partial charge in [-0.2, -0.15) is 0 Å². The maximum atomic E-state index is 11.8. The maximum Gasteiger partial charge on any atom is 0.325 e. The van der Waals surface area contributed by atoms with E-state index in [-0.39, 0.29) is 12.0 Å². The Morgan fingerprint density at radius 3 is 2.80 bits per heavy atom. The zero-order valence-corrected chi connectivity index (χ0v) is 9.95.